The molecule has 3 aliphatic heterocycles. The summed E-state index contributed by atoms with van der Waals surface area (Å²) >= 11 is 0. The van der Waals surface area contributed by atoms with Gasteiger partial charge in [-0.3, -0.25) is 0 Å². The lowest BCUT2D eigenvalue weighted by molar-refractivity contribution is -0.174. The van der Waals surface area contributed by atoms with Crippen LogP contribution in [-0.4, -0.2) is 35.0 Å². The summed E-state index contributed by atoms with van der Waals surface area (Å²) in [5.41, 5.74) is 0.971. The number of carbonyl (C=O) groups excluding carboxylic acids is 1. The summed E-state index contributed by atoms with van der Waals surface area (Å²) in [6.07, 6.45) is 6.86. The van der Waals surface area contributed by atoms with Gasteiger partial charge in [0.1, 0.15) is 12.2 Å². The second-order valence-electron chi connectivity index (χ2n) is 8.14. The average molecular weight is 334 g/mol. The fourth-order valence-corrected chi connectivity index (χ4v) is 4.35. The molecule has 2 saturated heterocycles. The molecule has 2 fully saturated rings. The first-order valence-electron chi connectivity index (χ1n) is 9.23. The van der Waals surface area contributed by atoms with Crippen molar-refractivity contribution in [2.75, 3.05) is 0 Å². The van der Waals surface area contributed by atoms with Gasteiger partial charge < -0.3 is 14.6 Å². The zero-order valence-corrected chi connectivity index (χ0v) is 15.1. The first kappa shape index (κ1) is 17.7. The lowest BCUT2D eigenvalue weighted by Crippen LogP contribution is -2.47. The van der Waals surface area contributed by atoms with Crippen molar-refractivity contribution in [3.05, 3.63) is 23.8 Å². The highest BCUT2D eigenvalue weighted by Gasteiger charge is 2.53. The third kappa shape index (κ3) is 3.31. The van der Waals surface area contributed by atoms with Crippen LogP contribution in [0.2, 0.25) is 0 Å². The number of hydrogen-bond donors (Lipinski definition) is 1. The molecular weight excluding hydrogens is 304 g/mol. The minimum absolute atomic E-state index is 0.0320. The van der Waals surface area contributed by atoms with Gasteiger partial charge in [-0.25, -0.2) is 4.79 Å². The molecule has 134 valence electrons. The van der Waals surface area contributed by atoms with Crippen LogP contribution in [0.25, 0.3) is 0 Å². The topological polar surface area (TPSA) is 55.8 Å². The fourth-order valence-electron chi connectivity index (χ4n) is 4.35. The Morgan fingerprint density at radius 1 is 1.38 bits per heavy atom. The number of esters is 1. The molecule has 3 heterocycles. The van der Waals surface area contributed by atoms with Gasteiger partial charge in [0.05, 0.1) is 11.7 Å². The fraction of sp³-hybridized carbons (Fsp3) is 0.750. The van der Waals surface area contributed by atoms with E-state index in [0.29, 0.717) is 18.4 Å². The van der Waals surface area contributed by atoms with Gasteiger partial charge in [-0.1, -0.05) is 25.2 Å². The van der Waals surface area contributed by atoms with Gasteiger partial charge >= 0.3 is 5.97 Å². The van der Waals surface area contributed by atoms with Gasteiger partial charge in [0.25, 0.3) is 0 Å². The molecule has 6 atom stereocenters. The van der Waals surface area contributed by atoms with Crippen molar-refractivity contribution in [3.63, 3.8) is 0 Å². The Balaban J connectivity index is 1.89. The molecule has 0 aliphatic carbocycles. The molecular formula is C20H30O4. The predicted octanol–water partition coefficient (Wildman–Crippen LogP) is 3.54. The minimum atomic E-state index is -0.903. The van der Waals surface area contributed by atoms with Crippen molar-refractivity contribution in [2.45, 2.75) is 83.2 Å². The highest BCUT2D eigenvalue weighted by atomic mass is 16.6. The number of allylic oxidation sites excluding steroid dienone is 2. The summed E-state index contributed by atoms with van der Waals surface area (Å²) in [6, 6.07) is 0. The van der Waals surface area contributed by atoms with Crippen LogP contribution in [0.15, 0.2) is 23.8 Å². The lowest BCUT2D eigenvalue weighted by atomic mass is 9.79. The van der Waals surface area contributed by atoms with Crippen LogP contribution in [0.4, 0.5) is 0 Å². The van der Waals surface area contributed by atoms with Crippen LogP contribution in [0, 0.1) is 11.8 Å². The summed E-state index contributed by atoms with van der Waals surface area (Å²) in [5, 5.41) is 10.9. The minimum Gasteiger partial charge on any atom is -0.456 e. The SMILES string of the molecule is C=C1C(=O)O[C@@H]2[C@@H]3O[C@@H](C[C@@H]13)[C@](C)(O)CC/C=C(/C)CCC[C@@H]2C. The monoisotopic (exact) mass is 334 g/mol. The van der Waals surface area contributed by atoms with E-state index in [9.17, 15) is 9.90 Å². The van der Waals surface area contributed by atoms with Crippen LogP contribution < -0.4 is 0 Å². The number of ether oxygens (including phenoxy) is 2. The van der Waals surface area contributed by atoms with E-state index in [0.717, 1.165) is 25.7 Å². The lowest BCUT2D eigenvalue weighted by Gasteiger charge is -2.37. The van der Waals surface area contributed by atoms with Crippen LogP contribution in [0.3, 0.4) is 0 Å². The highest BCUT2D eigenvalue weighted by molar-refractivity contribution is 5.89. The maximum atomic E-state index is 12.2. The van der Waals surface area contributed by atoms with Gasteiger partial charge in [0.15, 0.2) is 0 Å². The average Bonchev–Trinajstić information content (AvgIpc) is 2.96. The molecule has 0 unspecified atom stereocenters. The Labute approximate surface area is 144 Å². The van der Waals surface area contributed by atoms with E-state index in [2.05, 4.69) is 26.5 Å². The normalized spacial score (nSPS) is 46.2. The zero-order valence-electron chi connectivity index (χ0n) is 15.1. The Kier molecular flexibility index (Phi) is 4.89. The van der Waals surface area contributed by atoms with E-state index in [4.69, 9.17) is 9.47 Å². The smallest absolute Gasteiger partial charge is 0.334 e. The number of hydrogen-bond acceptors (Lipinski definition) is 4. The third-order valence-corrected chi connectivity index (χ3v) is 6.09. The van der Waals surface area contributed by atoms with Crippen LogP contribution in [-0.2, 0) is 14.3 Å². The largest absolute Gasteiger partial charge is 0.456 e. The quantitative estimate of drug-likeness (QED) is 0.418. The summed E-state index contributed by atoms with van der Waals surface area (Å²) in [4.78, 5) is 12.2. The van der Waals surface area contributed by atoms with E-state index in [1.165, 1.54) is 5.57 Å². The maximum Gasteiger partial charge on any atom is 0.334 e. The van der Waals surface area contributed by atoms with Gasteiger partial charge in [0.2, 0.25) is 0 Å². The molecule has 1 N–H and O–H groups in total. The standard InChI is InChI=1S/C20H30O4/c1-12-7-5-9-13(2)17-18-15(14(3)19(21)24-17)11-16(23-18)20(4,22)10-6-8-12/h8,13,15-18,22H,3,5-7,9-11H2,1-2,4H3/b12-8-/t13-,15-,16-,17-,18+,20+/m0/s1. The molecule has 2 bridgehead atoms. The van der Waals surface area contributed by atoms with Crippen molar-refractivity contribution in [2.24, 2.45) is 11.8 Å². The van der Waals surface area contributed by atoms with Crippen molar-refractivity contribution < 1.29 is 19.4 Å². The first-order valence-corrected chi connectivity index (χ1v) is 9.23. The summed E-state index contributed by atoms with van der Waals surface area (Å²) in [7, 11) is 0. The van der Waals surface area contributed by atoms with Crippen molar-refractivity contribution in [1.82, 2.24) is 0 Å². The zero-order chi connectivity index (χ0) is 17.5. The van der Waals surface area contributed by atoms with Gasteiger partial charge in [-0.15, -0.1) is 0 Å². The molecule has 24 heavy (non-hydrogen) atoms. The van der Waals surface area contributed by atoms with Gasteiger partial charge in [-0.05, 0) is 58.3 Å². The van der Waals surface area contributed by atoms with E-state index in [-0.39, 0.29) is 36.1 Å². The molecule has 0 amide bonds. The molecule has 0 radical (unpaired) electrons. The molecule has 0 aromatic heterocycles. The number of fused-ring (bicyclic) bond motifs is 1. The van der Waals surface area contributed by atoms with Crippen LogP contribution in [0.1, 0.15) is 59.3 Å². The van der Waals surface area contributed by atoms with Crippen LogP contribution in [0.5, 0.6) is 0 Å². The predicted molar refractivity (Wildman–Crippen MR) is 92.4 cm³/mol. The Morgan fingerprint density at radius 2 is 2.12 bits per heavy atom. The molecule has 4 heteroatoms. The molecule has 0 aromatic rings. The molecule has 0 spiro atoms. The molecule has 3 rings (SSSR count). The van der Waals surface area contributed by atoms with E-state index in [1.54, 1.807) is 0 Å². The number of carbonyl (C=O) groups is 1. The van der Waals surface area contributed by atoms with Crippen molar-refractivity contribution >= 4 is 5.97 Å². The Morgan fingerprint density at radius 3 is 2.88 bits per heavy atom. The Bertz CT molecular complexity index is 548. The van der Waals surface area contributed by atoms with E-state index >= 15 is 0 Å². The van der Waals surface area contributed by atoms with Crippen molar-refractivity contribution in [1.29, 1.82) is 0 Å². The maximum absolute atomic E-state index is 12.2. The first-order chi connectivity index (χ1) is 11.3. The molecule has 0 aromatic carbocycles. The number of aliphatic hydroxyl groups is 1. The van der Waals surface area contributed by atoms with E-state index in [1.807, 2.05) is 6.92 Å². The summed E-state index contributed by atoms with van der Waals surface area (Å²) in [6.45, 7) is 10.1. The second-order valence-corrected chi connectivity index (χ2v) is 8.14. The second kappa shape index (κ2) is 6.64. The summed E-state index contributed by atoms with van der Waals surface area (Å²) in [5.74, 6) is -0.0811. The third-order valence-electron chi connectivity index (χ3n) is 6.09. The van der Waals surface area contributed by atoms with Gasteiger partial charge in [-0.2, -0.15) is 0 Å². The van der Waals surface area contributed by atoms with Crippen LogP contribution >= 0.6 is 0 Å². The highest BCUT2D eigenvalue weighted by Crippen LogP contribution is 2.45. The van der Waals surface area contributed by atoms with E-state index < -0.39 is 5.60 Å². The Hall–Kier alpha value is -1.13. The van der Waals surface area contributed by atoms with Crippen molar-refractivity contribution in [3.8, 4) is 0 Å². The van der Waals surface area contributed by atoms with Gasteiger partial charge in [0, 0.05) is 11.5 Å². The number of rotatable bonds is 0. The molecule has 4 nitrogen and oxygen atoms in total. The summed E-state index contributed by atoms with van der Waals surface area (Å²) < 4.78 is 11.9. The molecule has 0 saturated carbocycles. The molecule has 3 aliphatic rings.